The van der Waals surface area contributed by atoms with E-state index in [1.807, 2.05) is 0 Å². The fourth-order valence-electron chi connectivity index (χ4n) is 3.92. The van der Waals surface area contributed by atoms with Crippen molar-refractivity contribution in [3.8, 4) is 0 Å². The van der Waals surface area contributed by atoms with Gasteiger partial charge in [-0.2, -0.15) is 0 Å². The summed E-state index contributed by atoms with van der Waals surface area (Å²) in [6, 6.07) is 11.4. The molecule has 0 spiro atoms. The van der Waals surface area contributed by atoms with Crippen LogP contribution in [0.3, 0.4) is 0 Å². The third-order valence-electron chi connectivity index (χ3n) is 5.18. The quantitative estimate of drug-likeness (QED) is 0.894. The van der Waals surface area contributed by atoms with E-state index in [-0.39, 0.29) is 6.04 Å². The monoisotopic (exact) mass is 336 g/mol. The Morgan fingerprint density at radius 1 is 1.26 bits per heavy atom. The second-order valence-electron chi connectivity index (χ2n) is 7.23. The summed E-state index contributed by atoms with van der Waals surface area (Å²) in [4.78, 5) is 2.54. The van der Waals surface area contributed by atoms with Crippen LogP contribution in [0.15, 0.2) is 30.3 Å². The lowest BCUT2D eigenvalue weighted by Crippen LogP contribution is -2.42. The van der Waals surface area contributed by atoms with Crippen LogP contribution in [0.2, 0.25) is 0 Å². The third kappa shape index (κ3) is 4.78. The van der Waals surface area contributed by atoms with Crippen LogP contribution in [0.5, 0.6) is 0 Å². The van der Waals surface area contributed by atoms with Crippen LogP contribution in [0.25, 0.3) is 0 Å². The molecule has 0 radical (unpaired) electrons. The van der Waals surface area contributed by atoms with Crippen LogP contribution in [-0.4, -0.2) is 50.0 Å². The molecule has 0 aliphatic carbocycles. The van der Waals surface area contributed by atoms with E-state index in [0.717, 1.165) is 32.5 Å². The maximum atomic E-state index is 11.7. The molecule has 2 heterocycles. The molecule has 1 N–H and O–H groups in total. The van der Waals surface area contributed by atoms with Crippen LogP contribution in [0, 0.1) is 5.92 Å². The van der Waals surface area contributed by atoms with Gasteiger partial charge in [0.15, 0.2) is 9.84 Å². The molecule has 0 unspecified atom stereocenters. The molecule has 0 saturated carbocycles. The molecule has 3 atom stereocenters. The average Bonchev–Trinajstić information content (AvgIpc) is 2.85. The standard InChI is InChI=1S/C18H28N2O2S/c1-15-10-17(11-19-18-8-5-9-23(21,22)14-18)13-20(15)12-16-6-3-2-4-7-16/h2-4,6-7,15,17-19H,5,8-14H2,1H3/t15-,17-,18-/m1/s1. The fraction of sp³-hybridized carbons (Fsp3) is 0.667. The normalized spacial score (nSPS) is 31.3. The first kappa shape index (κ1) is 16.9. The topological polar surface area (TPSA) is 49.4 Å². The van der Waals surface area contributed by atoms with Crippen LogP contribution in [0.1, 0.15) is 31.7 Å². The highest BCUT2D eigenvalue weighted by Gasteiger charge is 2.30. The van der Waals surface area contributed by atoms with Gasteiger partial charge < -0.3 is 5.32 Å². The summed E-state index contributed by atoms with van der Waals surface area (Å²) in [6.45, 7) is 5.35. The summed E-state index contributed by atoms with van der Waals surface area (Å²) in [5.41, 5.74) is 1.37. The van der Waals surface area contributed by atoms with Gasteiger partial charge in [-0.15, -0.1) is 0 Å². The van der Waals surface area contributed by atoms with E-state index in [9.17, 15) is 8.42 Å². The highest BCUT2D eigenvalue weighted by molar-refractivity contribution is 7.91. The molecule has 2 aliphatic rings. The molecule has 5 heteroatoms. The van der Waals surface area contributed by atoms with Gasteiger partial charge in [-0.3, -0.25) is 4.90 Å². The molecule has 4 nitrogen and oxygen atoms in total. The van der Waals surface area contributed by atoms with Gasteiger partial charge in [0.05, 0.1) is 11.5 Å². The van der Waals surface area contributed by atoms with E-state index >= 15 is 0 Å². The van der Waals surface area contributed by atoms with Crippen LogP contribution in [-0.2, 0) is 16.4 Å². The fourth-order valence-corrected chi connectivity index (χ4v) is 5.59. The maximum absolute atomic E-state index is 11.7. The first-order valence-electron chi connectivity index (χ1n) is 8.73. The number of likely N-dealkylation sites (tertiary alicyclic amines) is 1. The smallest absolute Gasteiger partial charge is 0.151 e. The molecule has 128 valence electrons. The molecular weight excluding hydrogens is 308 g/mol. The Kier molecular flexibility index (Phi) is 5.39. The average molecular weight is 337 g/mol. The molecule has 0 amide bonds. The van der Waals surface area contributed by atoms with Gasteiger partial charge in [0.2, 0.25) is 0 Å². The van der Waals surface area contributed by atoms with Crippen LogP contribution < -0.4 is 5.32 Å². The molecule has 1 aromatic rings. The lowest BCUT2D eigenvalue weighted by molar-refractivity contribution is 0.254. The molecule has 23 heavy (non-hydrogen) atoms. The van der Waals surface area contributed by atoms with Crippen molar-refractivity contribution in [2.45, 2.75) is 44.8 Å². The Labute approximate surface area is 140 Å². The predicted molar refractivity (Wildman–Crippen MR) is 94.1 cm³/mol. The zero-order valence-electron chi connectivity index (χ0n) is 13.9. The Balaban J connectivity index is 1.47. The number of benzene rings is 1. The van der Waals surface area contributed by atoms with Gasteiger partial charge in [0, 0.05) is 25.2 Å². The van der Waals surface area contributed by atoms with Crippen molar-refractivity contribution in [2.24, 2.45) is 5.92 Å². The van der Waals surface area contributed by atoms with E-state index in [0.29, 0.717) is 23.5 Å². The van der Waals surface area contributed by atoms with Gasteiger partial charge in [-0.05, 0) is 44.2 Å². The zero-order chi connectivity index (χ0) is 16.3. The van der Waals surface area contributed by atoms with E-state index in [4.69, 9.17) is 0 Å². The molecule has 0 aromatic heterocycles. The molecular formula is C18H28N2O2S. The van der Waals surface area contributed by atoms with Crippen molar-refractivity contribution in [1.82, 2.24) is 10.2 Å². The Morgan fingerprint density at radius 3 is 2.78 bits per heavy atom. The van der Waals surface area contributed by atoms with E-state index < -0.39 is 9.84 Å². The number of hydrogen-bond acceptors (Lipinski definition) is 4. The number of nitrogens with one attached hydrogen (secondary N) is 1. The van der Waals surface area contributed by atoms with Crippen LogP contribution in [0.4, 0.5) is 0 Å². The zero-order valence-corrected chi connectivity index (χ0v) is 14.8. The van der Waals surface area contributed by atoms with Crippen LogP contribution >= 0.6 is 0 Å². The summed E-state index contributed by atoms with van der Waals surface area (Å²) < 4.78 is 23.4. The van der Waals surface area contributed by atoms with Crippen molar-refractivity contribution in [1.29, 1.82) is 0 Å². The van der Waals surface area contributed by atoms with Gasteiger partial charge in [-0.25, -0.2) is 8.42 Å². The Bertz CT molecular complexity index is 603. The molecule has 1 aromatic carbocycles. The molecule has 3 rings (SSSR count). The molecule has 2 saturated heterocycles. The van der Waals surface area contributed by atoms with E-state index in [2.05, 4.69) is 47.5 Å². The van der Waals surface area contributed by atoms with Crippen molar-refractivity contribution < 1.29 is 8.42 Å². The first-order chi connectivity index (χ1) is 11.0. The van der Waals surface area contributed by atoms with Crippen molar-refractivity contribution in [3.63, 3.8) is 0 Å². The second-order valence-corrected chi connectivity index (χ2v) is 9.46. The largest absolute Gasteiger partial charge is 0.313 e. The first-order valence-corrected chi connectivity index (χ1v) is 10.6. The maximum Gasteiger partial charge on any atom is 0.151 e. The number of rotatable bonds is 5. The molecule has 2 aliphatic heterocycles. The highest BCUT2D eigenvalue weighted by Crippen LogP contribution is 2.25. The lowest BCUT2D eigenvalue weighted by Gasteiger charge is -2.24. The van der Waals surface area contributed by atoms with Crippen molar-refractivity contribution in [3.05, 3.63) is 35.9 Å². The van der Waals surface area contributed by atoms with Gasteiger partial charge in [-0.1, -0.05) is 30.3 Å². The minimum absolute atomic E-state index is 0.159. The Morgan fingerprint density at radius 2 is 2.04 bits per heavy atom. The summed E-state index contributed by atoms with van der Waals surface area (Å²) >= 11 is 0. The van der Waals surface area contributed by atoms with E-state index in [1.54, 1.807) is 0 Å². The third-order valence-corrected chi connectivity index (χ3v) is 7.00. The minimum atomic E-state index is -2.81. The molecule has 2 fully saturated rings. The summed E-state index contributed by atoms with van der Waals surface area (Å²) in [6.07, 6.45) is 3.00. The Hall–Kier alpha value is -0.910. The van der Waals surface area contributed by atoms with Gasteiger partial charge in [0.1, 0.15) is 0 Å². The van der Waals surface area contributed by atoms with E-state index in [1.165, 1.54) is 12.0 Å². The number of hydrogen-bond donors (Lipinski definition) is 1. The molecule has 0 bridgehead atoms. The summed E-state index contributed by atoms with van der Waals surface area (Å²) in [7, 11) is -2.81. The lowest BCUT2D eigenvalue weighted by atomic mass is 10.1. The summed E-state index contributed by atoms with van der Waals surface area (Å²) in [5.74, 6) is 1.32. The van der Waals surface area contributed by atoms with Crippen molar-refractivity contribution >= 4 is 9.84 Å². The predicted octanol–water partition coefficient (Wildman–Crippen LogP) is 2.06. The minimum Gasteiger partial charge on any atom is -0.313 e. The number of nitrogens with zero attached hydrogens (tertiary/aromatic N) is 1. The van der Waals surface area contributed by atoms with Crippen molar-refractivity contribution in [2.75, 3.05) is 24.6 Å². The van der Waals surface area contributed by atoms with Gasteiger partial charge in [0.25, 0.3) is 0 Å². The number of sulfone groups is 1. The highest BCUT2D eigenvalue weighted by atomic mass is 32.2. The second kappa shape index (κ2) is 7.32. The van der Waals surface area contributed by atoms with Gasteiger partial charge >= 0.3 is 0 Å². The summed E-state index contributed by atoms with van der Waals surface area (Å²) in [5, 5.41) is 3.52. The SMILES string of the molecule is C[C@@H]1C[C@H](CN[C@@H]2CCCS(=O)(=O)C2)CN1Cc1ccccc1.